The second kappa shape index (κ2) is 5.33. The summed E-state index contributed by atoms with van der Waals surface area (Å²) in [5.74, 6) is -0.405. The normalized spacial score (nSPS) is 12.4. The van der Waals surface area contributed by atoms with Crippen LogP contribution in [0.25, 0.3) is 0 Å². The summed E-state index contributed by atoms with van der Waals surface area (Å²) in [5.41, 5.74) is 13.6. The molecule has 0 bridgehead atoms. The third-order valence-electron chi connectivity index (χ3n) is 2.74. The van der Waals surface area contributed by atoms with E-state index in [2.05, 4.69) is 4.98 Å². The number of hydrogen-bond donors (Lipinski definition) is 2. The van der Waals surface area contributed by atoms with E-state index >= 15 is 0 Å². The zero-order valence-corrected chi connectivity index (χ0v) is 10.4. The molecular formula is C13H13ClFN3. The van der Waals surface area contributed by atoms with Gasteiger partial charge in [0.1, 0.15) is 5.82 Å². The molecular weight excluding hydrogens is 253 g/mol. The van der Waals surface area contributed by atoms with Crippen LogP contribution in [-0.4, -0.2) is 4.98 Å². The molecule has 0 spiro atoms. The number of nitrogen functional groups attached to an aromatic ring is 1. The number of aromatic nitrogens is 1. The molecule has 94 valence electrons. The van der Waals surface area contributed by atoms with E-state index in [0.29, 0.717) is 22.7 Å². The van der Waals surface area contributed by atoms with Gasteiger partial charge in [0.05, 0.1) is 0 Å². The van der Waals surface area contributed by atoms with E-state index in [1.165, 1.54) is 6.07 Å². The first kappa shape index (κ1) is 12.8. The van der Waals surface area contributed by atoms with E-state index in [1.54, 1.807) is 30.6 Å². The molecule has 0 saturated heterocycles. The van der Waals surface area contributed by atoms with Crippen molar-refractivity contribution in [3.8, 4) is 0 Å². The van der Waals surface area contributed by atoms with Crippen LogP contribution in [0.15, 0.2) is 36.7 Å². The summed E-state index contributed by atoms with van der Waals surface area (Å²) in [7, 11) is 0. The Morgan fingerprint density at radius 3 is 2.78 bits per heavy atom. The van der Waals surface area contributed by atoms with Gasteiger partial charge in [-0.2, -0.15) is 0 Å². The minimum absolute atomic E-state index is 0.351. The van der Waals surface area contributed by atoms with E-state index < -0.39 is 11.9 Å². The Hall–Kier alpha value is -1.65. The maximum atomic E-state index is 13.7. The smallest absolute Gasteiger partial charge is 0.129 e. The molecule has 0 aliphatic rings. The molecule has 0 radical (unpaired) electrons. The van der Waals surface area contributed by atoms with Crippen LogP contribution in [0.5, 0.6) is 0 Å². The minimum atomic E-state index is -0.478. The van der Waals surface area contributed by atoms with Crippen LogP contribution in [0.3, 0.4) is 0 Å². The van der Waals surface area contributed by atoms with E-state index in [-0.39, 0.29) is 0 Å². The van der Waals surface area contributed by atoms with E-state index in [9.17, 15) is 4.39 Å². The summed E-state index contributed by atoms with van der Waals surface area (Å²) in [6.45, 7) is 0. The molecule has 2 aromatic rings. The maximum Gasteiger partial charge on any atom is 0.129 e. The fourth-order valence-corrected chi connectivity index (χ4v) is 1.92. The molecule has 1 aromatic heterocycles. The molecule has 5 heteroatoms. The van der Waals surface area contributed by atoms with Gasteiger partial charge < -0.3 is 11.5 Å². The molecule has 3 nitrogen and oxygen atoms in total. The second-order valence-electron chi connectivity index (χ2n) is 4.05. The van der Waals surface area contributed by atoms with Crippen molar-refractivity contribution in [3.63, 3.8) is 0 Å². The topological polar surface area (TPSA) is 64.9 Å². The fourth-order valence-electron chi connectivity index (χ4n) is 1.76. The molecule has 1 atom stereocenters. The average Bonchev–Trinajstić information content (AvgIpc) is 2.32. The van der Waals surface area contributed by atoms with Crippen molar-refractivity contribution in [2.45, 2.75) is 12.5 Å². The Morgan fingerprint density at radius 2 is 2.11 bits per heavy atom. The lowest BCUT2D eigenvalue weighted by Crippen LogP contribution is -2.16. The van der Waals surface area contributed by atoms with Crippen LogP contribution in [0.4, 0.5) is 10.1 Å². The maximum absolute atomic E-state index is 13.7. The molecule has 1 aromatic carbocycles. The lowest BCUT2D eigenvalue weighted by molar-refractivity contribution is 0.580. The minimum Gasteiger partial charge on any atom is -0.398 e. The molecule has 0 aliphatic heterocycles. The third kappa shape index (κ3) is 2.78. The van der Waals surface area contributed by atoms with E-state index in [0.717, 1.165) is 5.56 Å². The molecule has 1 heterocycles. The van der Waals surface area contributed by atoms with Gasteiger partial charge in [-0.1, -0.05) is 17.7 Å². The van der Waals surface area contributed by atoms with Gasteiger partial charge in [0, 0.05) is 34.7 Å². The van der Waals surface area contributed by atoms with Crippen LogP contribution in [-0.2, 0) is 6.42 Å². The Bertz CT molecular complexity index is 560. The number of anilines is 1. The van der Waals surface area contributed by atoms with Crippen LogP contribution < -0.4 is 11.5 Å². The standard InChI is InChI=1S/C13H13ClFN3/c14-9-1-2-10(11(15)6-9)13(17)5-8-7-18-4-3-12(8)16/h1-4,6-7,13H,5,17H2,(H2,16,18). The van der Waals surface area contributed by atoms with Gasteiger partial charge in [0.2, 0.25) is 0 Å². The van der Waals surface area contributed by atoms with Crippen molar-refractivity contribution in [2.75, 3.05) is 5.73 Å². The Morgan fingerprint density at radius 1 is 1.33 bits per heavy atom. The van der Waals surface area contributed by atoms with Gasteiger partial charge in [-0.3, -0.25) is 4.98 Å². The third-order valence-corrected chi connectivity index (χ3v) is 2.98. The fraction of sp³-hybridized carbons (Fsp3) is 0.154. The van der Waals surface area contributed by atoms with Crippen molar-refractivity contribution in [1.29, 1.82) is 0 Å². The van der Waals surface area contributed by atoms with Crippen LogP contribution >= 0.6 is 11.6 Å². The van der Waals surface area contributed by atoms with Gasteiger partial charge in [-0.05, 0) is 30.2 Å². The van der Waals surface area contributed by atoms with Gasteiger partial charge in [0.25, 0.3) is 0 Å². The summed E-state index contributed by atoms with van der Waals surface area (Å²) in [5, 5.41) is 0.351. The Labute approximate surface area is 110 Å². The zero-order chi connectivity index (χ0) is 13.1. The SMILES string of the molecule is Nc1ccncc1CC(N)c1ccc(Cl)cc1F. The predicted molar refractivity (Wildman–Crippen MR) is 70.7 cm³/mol. The first-order valence-electron chi connectivity index (χ1n) is 5.47. The summed E-state index contributed by atoms with van der Waals surface area (Å²) in [6.07, 6.45) is 3.68. The number of nitrogens with two attached hydrogens (primary N) is 2. The van der Waals surface area contributed by atoms with Gasteiger partial charge in [0.15, 0.2) is 0 Å². The number of rotatable bonds is 3. The summed E-state index contributed by atoms with van der Waals surface area (Å²) in [6, 6.07) is 5.68. The van der Waals surface area contributed by atoms with Gasteiger partial charge in [-0.25, -0.2) is 4.39 Å². The molecule has 4 N–H and O–H groups in total. The molecule has 0 saturated carbocycles. The highest BCUT2D eigenvalue weighted by Gasteiger charge is 2.13. The van der Waals surface area contributed by atoms with E-state index in [1.807, 2.05) is 0 Å². The number of pyridine rings is 1. The largest absolute Gasteiger partial charge is 0.398 e. The number of halogens is 2. The molecule has 0 aliphatic carbocycles. The highest BCUT2D eigenvalue weighted by Crippen LogP contribution is 2.23. The van der Waals surface area contributed by atoms with Crippen LogP contribution in [0.2, 0.25) is 5.02 Å². The summed E-state index contributed by atoms with van der Waals surface area (Å²) >= 11 is 5.70. The van der Waals surface area contributed by atoms with Crippen molar-refractivity contribution < 1.29 is 4.39 Å². The Balaban J connectivity index is 2.22. The first-order chi connectivity index (χ1) is 8.58. The molecule has 18 heavy (non-hydrogen) atoms. The molecule has 1 unspecified atom stereocenters. The van der Waals surface area contributed by atoms with Crippen LogP contribution in [0, 0.1) is 5.82 Å². The number of hydrogen-bond acceptors (Lipinski definition) is 3. The Kier molecular flexibility index (Phi) is 3.79. The zero-order valence-electron chi connectivity index (χ0n) is 9.61. The van der Waals surface area contributed by atoms with Crippen molar-refractivity contribution in [3.05, 3.63) is 58.6 Å². The lowest BCUT2D eigenvalue weighted by Gasteiger charge is -2.14. The second-order valence-corrected chi connectivity index (χ2v) is 4.49. The van der Waals surface area contributed by atoms with Gasteiger partial charge in [-0.15, -0.1) is 0 Å². The molecule has 0 fully saturated rings. The molecule has 2 rings (SSSR count). The first-order valence-corrected chi connectivity index (χ1v) is 5.84. The van der Waals surface area contributed by atoms with Crippen molar-refractivity contribution in [2.24, 2.45) is 5.73 Å². The predicted octanol–water partition coefficient (Wildman–Crippen LogP) is 2.70. The van der Waals surface area contributed by atoms with Gasteiger partial charge >= 0.3 is 0 Å². The summed E-state index contributed by atoms with van der Waals surface area (Å²) < 4.78 is 13.7. The highest BCUT2D eigenvalue weighted by molar-refractivity contribution is 6.30. The number of benzene rings is 1. The molecule has 0 amide bonds. The number of nitrogens with zero attached hydrogens (tertiary/aromatic N) is 1. The van der Waals surface area contributed by atoms with Crippen molar-refractivity contribution in [1.82, 2.24) is 4.98 Å². The summed E-state index contributed by atoms with van der Waals surface area (Å²) in [4.78, 5) is 3.98. The lowest BCUT2D eigenvalue weighted by atomic mass is 9.99. The quantitative estimate of drug-likeness (QED) is 0.897. The average molecular weight is 266 g/mol. The van der Waals surface area contributed by atoms with Crippen LogP contribution in [0.1, 0.15) is 17.2 Å². The van der Waals surface area contributed by atoms with E-state index in [4.69, 9.17) is 23.1 Å². The monoisotopic (exact) mass is 265 g/mol. The van der Waals surface area contributed by atoms with Crippen molar-refractivity contribution >= 4 is 17.3 Å². The highest BCUT2D eigenvalue weighted by atomic mass is 35.5.